The summed E-state index contributed by atoms with van der Waals surface area (Å²) in [4.78, 5) is 10.2. The third-order valence-corrected chi connectivity index (χ3v) is 5.27. The van der Waals surface area contributed by atoms with Crippen LogP contribution in [-0.4, -0.2) is 15.2 Å². The fourth-order valence-electron chi connectivity index (χ4n) is 1.52. The Labute approximate surface area is 108 Å². The van der Waals surface area contributed by atoms with Crippen molar-refractivity contribution in [3.05, 3.63) is 21.6 Å². The lowest BCUT2D eigenvalue weighted by Gasteiger charge is -2.07. The highest BCUT2D eigenvalue weighted by Crippen LogP contribution is 2.30. The van der Waals surface area contributed by atoms with Gasteiger partial charge in [0.25, 0.3) is 4.21 Å². The second-order valence-electron chi connectivity index (χ2n) is 3.81. The maximum Gasteiger partial charge on any atom is 0.335 e. The lowest BCUT2D eigenvalue weighted by molar-refractivity contribution is -0.387. The number of nitrogens with zero attached hydrogens (tertiary/aromatic N) is 1. The SMILES string of the molecule is CCCCCCC[S+]([O-])c1sccc1[N+](=O)[O-]. The van der Waals surface area contributed by atoms with Crippen molar-refractivity contribution in [3.63, 3.8) is 0 Å². The average Bonchev–Trinajstić information content (AvgIpc) is 2.77. The van der Waals surface area contributed by atoms with E-state index in [1.807, 2.05) is 0 Å². The van der Waals surface area contributed by atoms with Crippen molar-refractivity contribution in [2.24, 2.45) is 0 Å². The minimum atomic E-state index is -1.21. The molecule has 0 radical (unpaired) electrons. The molecule has 0 spiro atoms. The summed E-state index contributed by atoms with van der Waals surface area (Å²) in [5, 5.41) is 12.3. The molecule has 0 aliphatic heterocycles. The monoisotopic (exact) mass is 275 g/mol. The van der Waals surface area contributed by atoms with E-state index in [1.165, 1.54) is 30.2 Å². The van der Waals surface area contributed by atoms with E-state index < -0.39 is 16.1 Å². The van der Waals surface area contributed by atoms with Gasteiger partial charge in [-0.15, -0.1) is 0 Å². The van der Waals surface area contributed by atoms with Crippen LogP contribution in [0.3, 0.4) is 0 Å². The number of hydrogen-bond acceptors (Lipinski definition) is 4. The molecule has 96 valence electrons. The van der Waals surface area contributed by atoms with Crippen molar-refractivity contribution in [3.8, 4) is 0 Å². The highest BCUT2D eigenvalue weighted by atomic mass is 32.2. The molecule has 0 amide bonds. The van der Waals surface area contributed by atoms with Gasteiger partial charge >= 0.3 is 5.69 Å². The topological polar surface area (TPSA) is 66.2 Å². The smallest absolute Gasteiger partial charge is 0.335 e. The lowest BCUT2D eigenvalue weighted by Crippen LogP contribution is -2.07. The van der Waals surface area contributed by atoms with E-state index >= 15 is 0 Å². The van der Waals surface area contributed by atoms with Crippen molar-refractivity contribution in [2.75, 3.05) is 5.75 Å². The third-order valence-electron chi connectivity index (χ3n) is 2.45. The van der Waals surface area contributed by atoms with Crippen LogP contribution in [0.4, 0.5) is 5.69 Å². The molecule has 0 bridgehead atoms. The first-order valence-electron chi connectivity index (χ1n) is 5.77. The summed E-state index contributed by atoms with van der Waals surface area (Å²) in [6.45, 7) is 2.15. The van der Waals surface area contributed by atoms with Gasteiger partial charge in [0.15, 0.2) is 0 Å². The van der Waals surface area contributed by atoms with E-state index in [1.54, 1.807) is 5.38 Å². The summed E-state index contributed by atoms with van der Waals surface area (Å²) < 4.78 is 12.3. The number of nitro groups is 1. The molecule has 1 aromatic rings. The molecule has 4 nitrogen and oxygen atoms in total. The highest BCUT2D eigenvalue weighted by Gasteiger charge is 2.25. The van der Waals surface area contributed by atoms with Gasteiger partial charge in [0.2, 0.25) is 0 Å². The van der Waals surface area contributed by atoms with Crippen LogP contribution < -0.4 is 0 Å². The van der Waals surface area contributed by atoms with Gasteiger partial charge in [0, 0.05) is 22.6 Å². The standard InChI is InChI=1S/C11H17NO3S2/c1-2-3-4-5-6-9-17(15)11-10(12(13)14)7-8-16-11/h7-8H,2-6,9H2,1H3. The summed E-state index contributed by atoms with van der Waals surface area (Å²) in [6, 6.07) is 1.43. The minimum absolute atomic E-state index is 0.00175. The van der Waals surface area contributed by atoms with Crippen LogP contribution in [0.5, 0.6) is 0 Å². The van der Waals surface area contributed by atoms with Gasteiger partial charge in [-0.1, -0.05) is 37.5 Å². The van der Waals surface area contributed by atoms with E-state index in [4.69, 9.17) is 0 Å². The minimum Gasteiger partial charge on any atom is -0.611 e. The molecule has 0 aliphatic rings. The Kier molecular flexibility index (Phi) is 6.54. The fourth-order valence-corrected chi connectivity index (χ4v) is 3.98. The normalized spacial score (nSPS) is 12.6. The second kappa shape index (κ2) is 7.68. The van der Waals surface area contributed by atoms with Gasteiger partial charge in [0.1, 0.15) is 5.75 Å². The Balaban J connectivity index is 2.38. The number of thiophene rings is 1. The lowest BCUT2D eigenvalue weighted by atomic mass is 10.2. The molecule has 0 saturated heterocycles. The molecule has 0 saturated carbocycles. The van der Waals surface area contributed by atoms with E-state index in [0.29, 0.717) is 9.96 Å². The molecule has 1 atom stereocenters. The molecule has 0 aliphatic carbocycles. The van der Waals surface area contributed by atoms with Gasteiger partial charge in [-0.3, -0.25) is 10.1 Å². The van der Waals surface area contributed by atoms with Gasteiger partial charge < -0.3 is 4.55 Å². The Morgan fingerprint density at radius 1 is 1.35 bits per heavy atom. The first-order chi connectivity index (χ1) is 8.16. The summed E-state index contributed by atoms with van der Waals surface area (Å²) in [5.41, 5.74) is 0.00175. The Bertz CT molecular complexity index is 354. The van der Waals surface area contributed by atoms with Gasteiger partial charge in [0.05, 0.1) is 4.92 Å². The Morgan fingerprint density at radius 2 is 2.06 bits per heavy atom. The highest BCUT2D eigenvalue weighted by molar-refractivity contribution is 7.93. The molecule has 0 aromatic carbocycles. The molecule has 1 aromatic heterocycles. The van der Waals surface area contributed by atoms with Gasteiger partial charge in [-0.05, 0) is 12.8 Å². The quantitative estimate of drug-likeness (QED) is 0.314. The third kappa shape index (κ3) is 4.65. The van der Waals surface area contributed by atoms with Crippen LogP contribution in [0.25, 0.3) is 0 Å². The van der Waals surface area contributed by atoms with Gasteiger partial charge in [-0.2, -0.15) is 0 Å². The van der Waals surface area contributed by atoms with Crippen molar-refractivity contribution < 1.29 is 9.48 Å². The van der Waals surface area contributed by atoms with Crippen LogP contribution in [0.1, 0.15) is 39.0 Å². The van der Waals surface area contributed by atoms with Crippen LogP contribution in [0.15, 0.2) is 15.7 Å². The summed E-state index contributed by atoms with van der Waals surface area (Å²) in [5.74, 6) is 0.533. The van der Waals surface area contributed by atoms with E-state index in [-0.39, 0.29) is 5.69 Å². The van der Waals surface area contributed by atoms with Crippen LogP contribution in [0.2, 0.25) is 0 Å². The fraction of sp³-hybridized carbons (Fsp3) is 0.636. The van der Waals surface area contributed by atoms with Crippen molar-refractivity contribution in [1.82, 2.24) is 0 Å². The van der Waals surface area contributed by atoms with Crippen LogP contribution in [-0.2, 0) is 11.2 Å². The van der Waals surface area contributed by atoms with E-state index in [2.05, 4.69) is 6.92 Å². The van der Waals surface area contributed by atoms with Crippen molar-refractivity contribution in [2.45, 2.75) is 43.2 Å². The van der Waals surface area contributed by atoms with E-state index in [9.17, 15) is 14.7 Å². The predicted molar refractivity (Wildman–Crippen MR) is 71.0 cm³/mol. The summed E-state index contributed by atoms with van der Waals surface area (Å²) in [6.07, 6.45) is 5.46. The Morgan fingerprint density at radius 3 is 2.71 bits per heavy atom. The molecule has 0 fully saturated rings. The zero-order valence-corrected chi connectivity index (χ0v) is 11.5. The van der Waals surface area contributed by atoms with Crippen molar-refractivity contribution in [1.29, 1.82) is 0 Å². The summed E-state index contributed by atoms with van der Waals surface area (Å²) in [7, 11) is 0. The molecule has 17 heavy (non-hydrogen) atoms. The molecule has 6 heteroatoms. The maximum absolute atomic E-state index is 11.9. The van der Waals surface area contributed by atoms with Gasteiger partial charge in [-0.25, -0.2) is 0 Å². The molecule has 1 heterocycles. The van der Waals surface area contributed by atoms with E-state index in [0.717, 1.165) is 19.3 Å². The second-order valence-corrected chi connectivity index (χ2v) is 6.50. The van der Waals surface area contributed by atoms with Crippen molar-refractivity contribution >= 4 is 28.2 Å². The first kappa shape index (κ1) is 14.5. The molecule has 1 unspecified atom stereocenters. The maximum atomic E-state index is 11.9. The number of rotatable bonds is 8. The summed E-state index contributed by atoms with van der Waals surface area (Å²) >= 11 is -0.000538. The Hall–Kier alpha value is -0.590. The predicted octanol–water partition coefficient (Wildman–Crippen LogP) is 3.73. The van der Waals surface area contributed by atoms with Crippen LogP contribution in [0, 0.1) is 10.1 Å². The molecular weight excluding hydrogens is 258 g/mol. The number of unbranched alkanes of at least 4 members (excludes halogenated alkanes) is 4. The largest absolute Gasteiger partial charge is 0.611 e. The molecule has 0 N–H and O–H groups in total. The molecular formula is C11H17NO3S2. The number of hydrogen-bond donors (Lipinski definition) is 0. The average molecular weight is 275 g/mol. The first-order valence-corrected chi connectivity index (χ1v) is 7.97. The van der Waals surface area contributed by atoms with Crippen LogP contribution >= 0.6 is 11.3 Å². The zero-order chi connectivity index (χ0) is 12.7. The zero-order valence-electron chi connectivity index (χ0n) is 9.89. The molecule has 1 rings (SSSR count).